The lowest BCUT2D eigenvalue weighted by Gasteiger charge is -2.35. The molecule has 78 valence electrons. The SMILES string of the molecule is CCOC1CC(n2ncc(Br)c2N)C1. The Morgan fingerprint density at radius 1 is 1.71 bits per heavy atom. The van der Waals surface area contributed by atoms with Crippen LogP contribution < -0.4 is 5.73 Å². The molecule has 1 aliphatic carbocycles. The summed E-state index contributed by atoms with van der Waals surface area (Å²) in [6.07, 6.45) is 4.18. The molecular formula is C9H14BrN3O. The molecule has 0 bridgehead atoms. The molecule has 0 spiro atoms. The van der Waals surface area contributed by atoms with Gasteiger partial charge in [0.05, 0.1) is 22.8 Å². The van der Waals surface area contributed by atoms with Gasteiger partial charge in [-0.25, -0.2) is 4.68 Å². The van der Waals surface area contributed by atoms with Crippen LogP contribution in [0.5, 0.6) is 0 Å². The number of nitrogens with two attached hydrogens (primary N) is 1. The Bertz CT molecular complexity index is 320. The molecule has 0 atom stereocenters. The zero-order valence-electron chi connectivity index (χ0n) is 8.11. The first-order valence-electron chi connectivity index (χ1n) is 4.82. The number of aromatic nitrogens is 2. The van der Waals surface area contributed by atoms with Crippen molar-refractivity contribution in [1.29, 1.82) is 0 Å². The first kappa shape index (κ1) is 9.98. The normalized spacial score (nSPS) is 26.1. The lowest BCUT2D eigenvalue weighted by molar-refractivity contribution is -0.0221. The number of hydrogen-bond donors (Lipinski definition) is 1. The van der Waals surface area contributed by atoms with Gasteiger partial charge in [-0.15, -0.1) is 0 Å². The average Bonchev–Trinajstić information content (AvgIpc) is 2.41. The van der Waals surface area contributed by atoms with Gasteiger partial charge in [0.15, 0.2) is 0 Å². The van der Waals surface area contributed by atoms with Gasteiger partial charge < -0.3 is 10.5 Å². The second-order valence-electron chi connectivity index (χ2n) is 3.52. The van der Waals surface area contributed by atoms with Gasteiger partial charge in [0.25, 0.3) is 0 Å². The smallest absolute Gasteiger partial charge is 0.136 e. The van der Waals surface area contributed by atoms with Crippen LogP contribution in [-0.2, 0) is 4.74 Å². The standard InChI is InChI=1S/C9H14BrN3O/c1-2-14-7-3-6(4-7)13-9(11)8(10)5-12-13/h5-7H,2-4,11H2,1H3. The van der Waals surface area contributed by atoms with Gasteiger partial charge >= 0.3 is 0 Å². The maximum absolute atomic E-state index is 5.85. The lowest BCUT2D eigenvalue weighted by Crippen LogP contribution is -2.34. The highest BCUT2D eigenvalue weighted by atomic mass is 79.9. The first-order valence-corrected chi connectivity index (χ1v) is 5.61. The Balaban J connectivity index is 1.96. The fourth-order valence-electron chi connectivity index (χ4n) is 1.75. The van der Waals surface area contributed by atoms with E-state index in [-0.39, 0.29) is 0 Å². The summed E-state index contributed by atoms with van der Waals surface area (Å²) in [7, 11) is 0. The Morgan fingerprint density at radius 3 is 2.93 bits per heavy atom. The Labute approximate surface area is 91.5 Å². The summed E-state index contributed by atoms with van der Waals surface area (Å²) >= 11 is 3.34. The van der Waals surface area contributed by atoms with E-state index in [0.717, 1.165) is 23.9 Å². The van der Waals surface area contributed by atoms with Crippen molar-refractivity contribution >= 4 is 21.7 Å². The molecule has 1 heterocycles. The Hall–Kier alpha value is -0.550. The molecule has 0 unspecified atom stereocenters. The van der Waals surface area contributed by atoms with E-state index in [4.69, 9.17) is 10.5 Å². The van der Waals surface area contributed by atoms with E-state index in [9.17, 15) is 0 Å². The third-order valence-corrected chi connectivity index (χ3v) is 3.22. The molecule has 1 aliphatic rings. The zero-order chi connectivity index (χ0) is 10.1. The van der Waals surface area contributed by atoms with Crippen LogP contribution in [0.3, 0.4) is 0 Å². The highest BCUT2D eigenvalue weighted by Crippen LogP contribution is 2.36. The molecule has 2 N–H and O–H groups in total. The summed E-state index contributed by atoms with van der Waals surface area (Å²) < 4.78 is 8.23. The molecule has 1 aromatic heterocycles. The van der Waals surface area contributed by atoms with E-state index in [0.29, 0.717) is 18.0 Å². The van der Waals surface area contributed by atoms with Gasteiger partial charge in [-0.2, -0.15) is 5.10 Å². The minimum atomic E-state index is 0.396. The van der Waals surface area contributed by atoms with Crippen LogP contribution in [0, 0.1) is 0 Å². The van der Waals surface area contributed by atoms with E-state index in [1.165, 1.54) is 0 Å². The molecule has 0 saturated heterocycles. The molecular weight excluding hydrogens is 246 g/mol. The third kappa shape index (κ3) is 1.66. The van der Waals surface area contributed by atoms with Crippen molar-refractivity contribution in [1.82, 2.24) is 9.78 Å². The molecule has 4 nitrogen and oxygen atoms in total. The molecule has 14 heavy (non-hydrogen) atoms. The van der Waals surface area contributed by atoms with Gasteiger partial charge in [-0.05, 0) is 35.7 Å². The van der Waals surface area contributed by atoms with Gasteiger partial charge in [0, 0.05) is 6.61 Å². The van der Waals surface area contributed by atoms with Crippen LogP contribution in [0.25, 0.3) is 0 Å². The van der Waals surface area contributed by atoms with Crippen molar-refractivity contribution in [3.63, 3.8) is 0 Å². The number of anilines is 1. The fourth-order valence-corrected chi connectivity index (χ4v) is 2.02. The van der Waals surface area contributed by atoms with E-state index < -0.39 is 0 Å². The summed E-state index contributed by atoms with van der Waals surface area (Å²) in [6.45, 7) is 2.81. The van der Waals surface area contributed by atoms with Crippen molar-refractivity contribution in [3.05, 3.63) is 10.7 Å². The lowest BCUT2D eigenvalue weighted by atomic mass is 9.89. The number of rotatable bonds is 3. The highest BCUT2D eigenvalue weighted by molar-refractivity contribution is 9.10. The largest absolute Gasteiger partial charge is 0.383 e. The number of halogens is 1. The van der Waals surface area contributed by atoms with Crippen LogP contribution in [-0.4, -0.2) is 22.5 Å². The first-order chi connectivity index (χ1) is 6.72. The Kier molecular flexibility index (Phi) is 2.78. The predicted molar refractivity (Wildman–Crippen MR) is 58.0 cm³/mol. The minimum absolute atomic E-state index is 0.396. The third-order valence-electron chi connectivity index (χ3n) is 2.61. The van der Waals surface area contributed by atoms with Crippen molar-refractivity contribution in [3.8, 4) is 0 Å². The zero-order valence-corrected chi connectivity index (χ0v) is 9.70. The summed E-state index contributed by atoms with van der Waals surface area (Å²) in [6, 6.07) is 0.415. The molecule has 2 rings (SSSR count). The fraction of sp³-hybridized carbons (Fsp3) is 0.667. The number of nitrogen functional groups attached to an aromatic ring is 1. The molecule has 0 aliphatic heterocycles. The van der Waals surface area contributed by atoms with Gasteiger partial charge in [0.1, 0.15) is 5.82 Å². The summed E-state index contributed by atoms with van der Waals surface area (Å²) in [5, 5.41) is 4.22. The van der Waals surface area contributed by atoms with Crippen molar-refractivity contribution < 1.29 is 4.74 Å². The minimum Gasteiger partial charge on any atom is -0.383 e. The predicted octanol–water partition coefficient (Wildman–Crippen LogP) is 1.97. The summed E-state index contributed by atoms with van der Waals surface area (Å²) in [4.78, 5) is 0. The second kappa shape index (κ2) is 3.90. The van der Waals surface area contributed by atoms with Gasteiger partial charge in [0.2, 0.25) is 0 Å². The van der Waals surface area contributed by atoms with Crippen molar-refractivity contribution in [2.75, 3.05) is 12.3 Å². The quantitative estimate of drug-likeness (QED) is 0.903. The average molecular weight is 260 g/mol. The Morgan fingerprint density at radius 2 is 2.43 bits per heavy atom. The van der Waals surface area contributed by atoms with E-state index in [1.807, 2.05) is 11.6 Å². The van der Waals surface area contributed by atoms with Gasteiger partial charge in [-0.3, -0.25) is 0 Å². The molecule has 1 fully saturated rings. The molecule has 5 heteroatoms. The topological polar surface area (TPSA) is 53.1 Å². The maximum atomic E-state index is 5.85. The van der Waals surface area contributed by atoms with Gasteiger partial charge in [-0.1, -0.05) is 0 Å². The molecule has 0 amide bonds. The van der Waals surface area contributed by atoms with E-state index in [1.54, 1.807) is 6.20 Å². The molecule has 0 aromatic carbocycles. The number of hydrogen-bond acceptors (Lipinski definition) is 3. The second-order valence-corrected chi connectivity index (χ2v) is 4.38. The molecule has 0 radical (unpaired) electrons. The van der Waals surface area contributed by atoms with E-state index >= 15 is 0 Å². The van der Waals surface area contributed by atoms with Crippen molar-refractivity contribution in [2.45, 2.75) is 31.9 Å². The molecule has 1 aromatic rings. The highest BCUT2D eigenvalue weighted by Gasteiger charge is 2.32. The van der Waals surface area contributed by atoms with E-state index in [2.05, 4.69) is 21.0 Å². The summed E-state index contributed by atoms with van der Waals surface area (Å²) in [5.74, 6) is 0.713. The molecule has 1 saturated carbocycles. The monoisotopic (exact) mass is 259 g/mol. The van der Waals surface area contributed by atoms with Crippen LogP contribution >= 0.6 is 15.9 Å². The van der Waals surface area contributed by atoms with Crippen LogP contribution in [0.4, 0.5) is 5.82 Å². The van der Waals surface area contributed by atoms with Crippen molar-refractivity contribution in [2.24, 2.45) is 0 Å². The summed E-state index contributed by atoms with van der Waals surface area (Å²) in [5.41, 5.74) is 5.85. The van der Waals surface area contributed by atoms with Crippen LogP contribution in [0.2, 0.25) is 0 Å². The van der Waals surface area contributed by atoms with Crippen LogP contribution in [0.1, 0.15) is 25.8 Å². The van der Waals surface area contributed by atoms with Crippen LogP contribution in [0.15, 0.2) is 10.7 Å². The number of ether oxygens (including phenoxy) is 1. The maximum Gasteiger partial charge on any atom is 0.136 e. The number of nitrogens with zero attached hydrogens (tertiary/aromatic N) is 2.